The van der Waals surface area contributed by atoms with E-state index in [9.17, 15) is 39.6 Å². The maximum Gasteiger partial charge on any atom is 0.296 e. The van der Waals surface area contributed by atoms with Crippen LogP contribution in [0, 0.1) is 11.3 Å². The van der Waals surface area contributed by atoms with Crippen LogP contribution in [0.4, 0.5) is 17.3 Å². The molecule has 0 atom stereocenters. The minimum atomic E-state index is -4.98. The highest BCUT2D eigenvalue weighted by Crippen LogP contribution is 2.40. The zero-order valence-electron chi connectivity index (χ0n) is 25.2. The SMILES string of the molecule is CC(C)(C)c1nn(-c2ccccc2)c(NCCCCS(=O)(=O)O)c1N=Nc1c(C#N)cnn1-c1cc(S(=O)(=O)O)ccc1S(=O)(=O)O. The predicted molar refractivity (Wildman–Crippen MR) is 168 cm³/mol. The molecule has 0 fully saturated rings. The molecule has 0 amide bonds. The molecule has 2 aromatic carbocycles. The van der Waals surface area contributed by atoms with Crippen LogP contribution in [0.5, 0.6) is 0 Å². The third-order valence-corrected chi connectivity index (χ3v) is 9.09. The number of aromatic nitrogens is 4. The number of azo groups is 1. The van der Waals surface area contributed by atoms with Gasteiger partial charge in [0.25, 0.3) is 30.4 Å². The van der Waals surface area contributed by atoms with Crippen LogP contribution >= 0.6 is 0 Å². The quantitative estimate of drug-likeness (QED) is 0.0915. The van der Waals surface area contributed by atoms with E-state index in [1.807, 2.05) is 32.9 Å². The fraction of sp³-hybridized carbons (Fsp3) is 0.296. The lowest BCUT2D eigenvalue weighted by Gasteiger charge is -2.15. The minimum Gasteiger partial charge on any atom is -0.368 e. The summed E-state index contributed by atoms with van der Waals surface area (Å²) in [7, 11) is -14.0. The van der Waals surface area contributed by atoms with Crippen LogP contribution in [0.25, 0.3) is 11.4 Å². The molecule has 250 valence electrons. The van der Waals surface area contributed by atoms with Crippen molar-refractivity contribution >= 4 is 47.7 Å². The first-order valence-electron chi connectivity index (χ1n) is 13.7. The van der Waals surface area contributed by atoms with Crippen molar-refractivity contribution in [3.63, 3.8) is 0 Å². The van der Waals surface area contributed by atoms with E-state index in [0.29, 0.717) is 23.6 Å². The topological polar surface area (TPSA) is 259 Å². The first-order valence-corrected chi connectivity index (χ1v) is 18.2. The Morgan fingerprint density at radius 2 is 1.60 bits per heavy atom. The third-order valence-electron chi connectivity index (χ3n) is 6.54. The lowest BCUT2D eigenvalue weighted by atomic mass is 9.91. The van der Waals surface area contributed by atoms with E-state index in [1.165, 1.54) is 0 Å². The number of benzene rings is 2. The van der Waals surface area contributed by atoms with Gasteiger partial charge in [0.15, 0.2) is 17.3 Å². The van der Waals surface area contributed by atoms with Gasteiger partial charge >= 0.3 is 0 Å². The van der Waals surface area contributed by atoms with Crippen molar-refractivity contribution in [2.24, 2.45) is 10.2 Å². The van der Waals surface area contributed by atoms with Crippen LogP contribution in [-0.2, 0) is 35.8 Å². The Morgan fingerprint density at radius 3 is 2.17 bits per heavy atom. The summed E-state index contributed by atoms with van der Waals surface area (Å²) in [4.78, 5) is -1.52. The second-order valence-corrected chi connectivity index (χ2v) is 15.5. The van der Waals surface area contributed by atoms with E-state index >= 15 is 0 Å². The van der Waals surface area contributed by atoms with Gasteiger partial charge in [-0.05, 0) is 43.2 Å². The fourth-order valence-electron chi connectivity index (χ4n) is 4.37. The van der Waals surface area contributed by atoms with Crippen LogP contribution < -0.4 is 5.32 Å². The number of hydrogen-bond acceptors (Lipinski definition) is 12. The lowest BCUT2D eigenvalue weighted by Crippen LogP contribution is -2.13. The Hall–Kier alpha value is -4.52. The number of nitriles is 1. The number of unbranched alkanes of at least 4 members (excludes halogenated alkanes) is 1. The van der Waals surface area contributed by atoms with Crippen LogP contribution in [0.1, 0.15) is 44.9 Å². The molecule has 0 saturated heterocycles. The molecule has 0 unspecified atom stereocenters. The molecule has 2 aromatic heterocycles. The van der Waals surface area contributed by atoms with Gasteiger partial charge in [-0.3, -0.25) is 13.7 Å². The first kappa shape index (κ1) is 35.3. The average molecular weight is 707 g/mol. The van der Waals surface area contributed by atoms with Crippen molar-refractivity contribution in [3.8, 4) is 17.4 Å². The first-order chi connectivity index (χ1) is 21.8. The molecule has 0 radical (unpaired) electrons. The van der Waals surface area contributed by atoms with Gasteiger partial charge in [0.1, 0.15) is 16.5 Å². The molecule has 2 heterocycles. The van der Waals surface area contributed by atoms with Crippen molar-refractivity contribution in [1.82, 2.24) is 19.6 Å². The molecule has 0 spiro atoms. The van der Waals surface area contributed by atoms with Crippen LogP contribution in [0.2, 0.25) is 0 Å². The Kier molecular flexibility index (Phi) is 10.0. The molecule has 0 aliphatic carbocycles. The van der Waals surface area contributed by atoms with E-state index in [2.05, 4.69) is 20.6 Å². The van der Waals surface area contributed by atoms with Crippen LogP contribution in [-0.4, -0.2) is 70.8 Å². The monoisotopic (exact) mass is 706 g/mol. The molecule has 4 aromatic rings. The Morgan fingerprint density at radius 1 is 0.915 bits per heavy atom. The summed E-state index contributed by atoms with van der Waals surface area (Å²) >= 11 is 0. The van der Waals surface area contributed by atoms with E-state index in [0.717, 1.165) is 29.1 Å². The summed E-state index contributed by atoms with van der Waals surface area (Å²) in [6.07, 6.45) is 1.50. The second kappa shape index (κ2) is 13.3. The molecule has 0 aliphatic rings. The Labute approximate surface area is 270 Å². The van der Waals surface area contributed by atoms with Gasteiger partial charge in [0.2, 0.25) is 0 Å². The Balaban J connectivity index is 1.92. The molecule has 4 N–H and O–H groups in total. The van der Waals surface area contributed by atoms with Crippen molar-refractivity contribution in [2.75, 3.05) is 17.6 Å². The average Bonchev–Trinajstić information content (AvgIpc) is 3.55. The van der Waals surface area contributed by atoms with Gasteiger partial charge < -0.3 is 5.32 Å². The summed E-state index contributed by atoms with van der Waals surface area (Å²) in [6.45, 7) is 5.82. The minimum absolute atomic E-state index is 0.151. The van der Waals surface area contributed by atoms with E-state index < -0.39 is 57.0 Å². The van der Waals surface area contributed by atoms with Crippen molar-refractivity contribution in [3.05, 3.63) is 66.0 Å². The number of nitrogens with zero attached hydrogens (tertiary/aromatic N) is 7. The molecular weight excluding hydrogens is 677 g/mol. The summed E-state index contributed by atoms with van der Waals surface area (Å²) in [5, 5.41) is 30.4. The highest BCUT2D eigenvalue weighted by molar-refractivity contribution is 7.86. The highest BCUT2D eigenvalue weighted by atomic mass is 32.2. The standard InChI is InChI=1S/C27H30N8O9S3/c1-27(2,3)24-23(26(29-13-7-8-14-45(36,37)38)34(33-24)19-9-5-4-6-10-19)31-32-25-18(16-28)17-30-35(25)21-15-20(46(39,40)41)11-12-22(21)47(42,43)44/h4-6,9-12,15,17,29H,7-8,13-14H2,1-3H3,(H,36,37,38)(H,39,40,41)(H,42,43,44). The van der Waals surface area contributed by atoms with Gasteiger partial charge in [-0.1, -0.05) is 39.0 Å². The van der Waals surface area contributed by atoms with Crippen molar-refractivity contribution in [1.29, 1.82) is 5.26 Å². The van der Waals surface area contributed by atoms with Gasteiger partial charge in [-0.25, -0.2) is 9.36 Å². The Bertz CT molecular complexity index is 2200. The third kappa shape index (κ3) is 8.45. The molecule has 0 bridgehead atoms. The van der Waals surface area contributed by atoms with Crippen molar-refractivity contribution in [2.45, 2.75) is 48.8 Å². The normalized spacial score (nSPS) is 12.8. The number of para-hydroxylation sites is 1. The number of anilines is 1. The molecule has 17 nitrogen and oxygen atoms in total. The molecule has 0 aliphatic heterocycles. The van der Waals surface area contributed by atoms with Gasteiger partial charge in [0, 0.05) is 12.0 Å². The second-order valence-electron chi connectivity index (χ2n) is 11.1. The number of nitrogens with one attached hydrogen (secondary N) is 1. The highest BCUT2D eigenvalue weighted by Gasteiger charge is 2.29. The maximum atomic E-state index is 12.2. The van der Waals surface area contributed by atoms with E-state index in [4.69, 9.17) is 9.65 Å². The summed E-state index contributed by atoms with van der Waals surface area (Å²) in [5.41, 5.74) is -0.152. The summed E-state index contributed by atoms with van der Waals surface area (Å²) < 4.78 is 101. The lowest BCUT2D eigenvalue weighted by molar-refractivity contribution is 0.477. The smallest absolute Gasteiger partial charge is 0.296 e. The van der Waals surface area contributed by atoms with E-state index in [-0.39, 0.29) is 30.0 Å². The summed E-state index contributed by atoms with van der Waals surface area (Å²) in [6, 6.07) is 13.0. The molecule has 0 saturated carbocycles. The van der Waals surface area contributed by atoms with Crippen LogP contribution in [0.15, 0.2) is 74.7 Å². The predicted octanol–water partition coefficient (Wildman–Crippen LogP) is 4.22. The summed E-state index contributed by atoms with van der Waals surface area (Å²) in [5.74, 6) is -0.456. The largest absolute Gasteiger partial charge is 0.368 e. The van der Waals surface area contributed by atoms with E-state index in [1.54, 1.807) is 28.9 Å². The number of rotatable bonds is 12. The van der Waals surface area contributed by atoms with Gasteiger partial charge in [-0.2, -0.15) is 40.7 Å². The molecule has 20 heteroatoms. The van der Waals surface area contributed by atoms with Gasteiger partial charge in [0.05, 0.1) is 33.9 Å². The molecule has 4 rings (SSSR count). The maximum absolute atomic E-state index is 12.2. The van der Waals surface area contributed by atoms with Crippen molar-refractivity contribution < 1.29 is 38.9 Å². The van der Waals surface area contributed by atoms with Gasteiger partial charge in [-0.15, -0.1) is 10.2 Å². The molecular formula is C27H30N8O9S3. The molecule has 47 heavy (non-hydrogen) atoms. The zero-order valence-corrected chi connectivity index (χ0v) is 27.6. The number of hydrogen-bond donors (Lipinski definition) is 4. The van der Waals surface area contributed by atoms with Crippen LogP contribution in [0.3, 0.4) is 0 Å². The fourth-order valence-corrected chi connectivity index (χ4v) is 6.09. The zero-order chi connectivity index (χ0) is 34.8.